The summed E-state index contributed by atoms with van der Waals surface area (Å²) < 4.78 is 16.5. The van der Waals surface area contributed by atoms with Crippen molar-refractivity contribution in [1.82, 2.24) is 0 Å². The van der Waals surface area contributed by atoms with Crippen molar-refractivity contribution in [3.8, 4) is 0 Å². The monoisotopic (exact) mass is 266 g/mol. The van der Waals surface area contributed by atoms with Gasteiger partial charge in [-0.25, -0.2) is 14.2 Å². The molecule has 0 fully saturated rings. The van der Waals surface area contributed by atoms with Crippen molar-refractivity contribution in [2.24, 2.45) is 0 Å². The van der Waals surface area contributed by atoms with E-state index in [1.807, 2.05) is 0 Å². The molecule has 8 nitrogen and oxygen atoms in total. The number of phosphoric ester groups is 1. The van der Waals surface area contributed by atoms with Crippen molar-refractivity contribution >= 4 is 20.1 Å². The minimum absolute atomic E-state index is 0. The van der Waals surface area contributed by atoms with Gasteiger partial charge in [0, 0.05) is 0 Å². The zero-order valence-corrected chi connectivity index (χ0v) is 14.0. The van der Waals surface area contributed by atoms with Crippen LogP contribution in [0.5, 0.6) is 0 Å². The quantitative estimate of drug-likeness (QED) is 0.334. The average Bonchev–Trinajstić information content (AvgIpc) is 1.53. The molecule has 0 aromatic carbocycles. The van der Waals surface area contributed by atoms with E-state index in [2.05, 4.69) is 9.05 Å². The summed E-state index contributed by atoms with van der Waals surface area (Å²) in [7, 11) is -5.00. The molecule has 0 rings (SSSR count). The van der Waals surface area contributed by atoms with Gasteiger partial charge in [0.15, 0.2) is 0 Å². The molecule has 0 saturated carbocycles. The summed E-state index contributed by atoms with van der Waals surface area (Å²) in [4.78, 5) is 27.3. The van der Waals surface area contributed by atoms with E-state index in [1.54, 1.807) is 0 Å². The second-order valence-corrected chi connectivity index (χ2v) is 2.49. The van der Waals surface area contributed by atoms with E-state index in [-0.39, 0.29) is 106 Å². The van der Waals surface area contributed by atoms with Gasteiger partial charge in [0.2, 0.25) is 0 Å². The van der Waals surface area contributed by atoms with E-state index >= 15 is 0 Å². The minimum atomic E-state index is -5.00. The van der Waals surface area contributed by atoms with Crippen molar-refractivity contribution in [1.29, 1.82) is 0 Å². The Morgan fingerprint density at radius 3 is 1.46 bits per heavy atom. The van der Waals surface area contributed by atoms with Crippen molar-refractivity contribution in [2.45, 2.75) is 0 Å². The van der Waals surface area contributed by atoms with Gasteiger partial charge >= 0.3 is 123 Å². The fourth-order valence-corrected chi connectivity index (χ4v) is 0.648. The molecule has 0 radical (unpaired) electrons. The molecule has 0 unspecified atom stereocenters. The number of phosphoric acid groups is 1. The Balaban J connectivity index is -0.0000000833. The van der Waals surface area contributed by atoms with Gasteiger partial charge in [-0.3, -0.25) is 4.89 Å². The first-order valence-corrected chi connectivity index (χ1v) is 3.51. The van der Waals surface area contributed by atoms with E-state index in [9.17, 15) is 14.2 Å². The third-order valence-corrected chi connectivity index (χ3v) is 1.16. The van der Waals surface area contributed by atoms with Crippen molar-refractivity contribution in [3.05, 3.63) is 0 Å². The van der Waals surface area contributed by atoms with Crippen LogP contribution >= 0.6 is 7.82 Å². The molecular formula is C2H5K2O8P. The molecule has 0 aromatic heterocycles. The number of carboxylic acid groups (broad SMARTS) is 2. The molecule has 0 spiro atoms. The predicted octanol–water partition coefficient (Wildman–Crippen LogP) is -5.29. The average molecular weight is 266 g/mol. The maximum Gasteiger partial charge on any atom is 1.00 e. The zero-order valence-electron chi connectivity index (χ0n) is 8.83. The van der Waals surface area contributed by atoms with Crippen LogP contribution in [0.1, 0.15) is 2.85 Å². The maximum absolute atomic E-state index is 10.2. The van der Waals surface area contributed by atoms with Crippen LogP contribution in [0.2, 0.25) is 0 Å². The molecule has 0 heterocycles. The van der Waals surface area contributed by atoms with Crippen LogP contribution in [0, 0.1) is 0 Å². The van der Waals surface area contributed by atoms with Crippen LogP contribution in [0.25, 0.3) is 0 Å². The van der Waals surface area contributed by atoms with E-state index in [1.165, 1.54) is 0 Å². The summed E-state index contributed by atoms with van der Waals surface area (Å²) in [5.74, 6) is 0. The van der Waals surface area contributed by atoms with Gasteiger partial charge in [0.05, 0.1) is 0 Å². The predicted molar refractivity (Wildman–Crippen MR) is 30.3 cm³/mol. The number of hydrogen-bond donors (Lipinski definition) is 3. The Morgan fingerprint density at radius 2 is 1.31 bits per heavy atom. The molecule has 13 heavy (non-hydrogen) atoms. The zero-order chi connectivity index (χ0) is 9.07. The molecule has 0 aromatic rings. The molecular weight excluding hydrogens is 261 g/mol. The van der Waals surface area contributed by atoms with Crippen LogP contribution in [0.3, 0.4) is 0 Å². The summed E-state index contributed by atoms with van der Waals surface area (Å²) in [5.41, 5.74) is 0. The normalized spacial score (nSPS) is 8.69. The van der Waals surface area contributed by atoms with Gasteiger partial charge in [-0.1, -0.05) is 0 Å². The molecule has 68 valence electrons. The summed E-state index contributed by atoms with van der Waals surface area (Å²) in [6, 6.07) is 0. The maximum atomic E-state index is 10.2. The van der Waals surface area contributed by atoms with Crippen molar-refractivity contribution in [3.63, 3.8) is 0 Å². The fraction of sp³-hybridized carbons (Fsp3) is 0. The van der Waals surface area contributed by atoms with Gasteiger partial charge in [-0.15, -0.1) is 0 Å². The van der Waals surface area contributed by atoms with E-state index < -0.39 is 20.1 Å². The van der Waals surface area contributed by atoms with E-state index in [0.29, 0.717) is 0 Å². The minimum Gasteiger partial charge on any atom is -1.00 e. The summed E-state index contributed by atoms with van der Waals surface area (Å²) in [5, 5.41) is 15.5. The Labute approximate surface area is 160 Å². The molecule has 0 amide bonds. The Bertz CT molecular complexity index is 215. The van der Waals surface area contributed by atoms with Gasteiger partial charge < -0.3 is 22.1 Å². The molecule has 0 aliphatic carbocycles. The van der Waals surface area contributed by atoms with Crippen LogP contribution in [-0.4, -0.2) is 27.4 Å². The molecule has 3 N–H and O–H groups in total. The van der Waals surface area contributed by atoms with Crippen molar-refractivity contribution in [2.75, 3.05) is 0 Å². The standard InChI is InChI=1S/C2H3O8P.2K.2H/c3-1(4)9-11(7,8)10-2(5)6;;;;/h(H,3,4)(H,5,6)(H,7,8);;;;/q;2*+1;2*-1. The second kappa shape index (κ2) is 9.24. The molecule has 0 aliphatic heterocycles. The van der Waals surface area contributed by atoms with Crippen LogP contribution < -0.4 is 103 Å². The smallest absolute Gasteiger partial charge is 1.00 e. The van der Waals surface area contributed by atoms with Crippen LogP contribution in [0.4, 0.5) is 9.59 Å². The molecule has 0 saturated heterocycles. The first-order valence-electron chi connectivity index (χ1n) is 2.01. The third kappa shape index (κ3) is 14.0. The topological polar surface area (TPSA) is 130 Å². The summed E-state index contributed by atoms with van der Waals surface area (Å²) in [6.07, 6.45) is -4.20. The van der Waals surface area contributed by atoms with Crippen molar-refractivity contribution < 1.29 is 144 Å². The van der Waals surface area contributed by atoms with Gasteiger partial charge in [0.25, 0.3) is 0 Å². The van der Waals surface area contributed by atoms with Gasteiger partial charge in [-0.05, 0) is 0 Å². The van der Waals surface area contributed by atoms with Crippen LogP contribution in [0.15, 0.2) is 0 Å². The largest absolute Gasteiger partial charge is 1.00 e. The number of hydrogen-bond acceptors (Lipinski definition) is 5. The Kier molecular flexibility index (Phi) is 14.5. The molecule has 0 atom stereocenters. The Morgan fingerprint density at radius 1 is 1.08 bits per heavy atom. The number of carbonyl (C=O) groups is 2. The molecule has 0 aliphatic rings. The van der Waals surface area contributed by atoms with Gasteiger partial charge in [0.1, 0.15) is 0 Å². The Hall–Kier alpha value is 2.00. The molecule has 0 bridgehead atoms. The second-order valence-electron chi connectivity index (χ2n) is 1.18. The summed E-state index contributed by atoms with van der Waals surface area (Å²) in [6.45, 7) is 0. The van der Waals surface area contributed by atoms with E-state index in [0.717, 1.165) is 0 Å². The molecule has 11 heteroatoms. The number of rotatable bonds is 2. The summed E-state index contributed by atoms with van der Waals surface area (Å²) >= 11 is 0. The SMILES string of the molecule is O=C(O)OP(=O)(O)OC(=O)O.[H-].[H-].[K+].[K+]. The van der Waals surface area contributed by atoms with Crippen LogP contribution in [-0.2, 0) is 13.6 Å². The third-order valence-electron chi connectivity index (χ3n) is 0.387. The van der Waals surface area contributed by atoms with Gasteiger partial charge in [-0.2, -0.15) is 0 Å². The van der Waals surface area contributed by atoms with E-state index in [4.69, 9.17) is 15.1 Å². The first-order chi connectivity index (χ1) is 4.83. The fourth-order valence-electron chi connectivity index (χ4n) is 0.216. The first kappa shape index (κ1) is 20.4.